The molecule has 0 aliphatic heterocycles. The standard InChI is InChI=1S/C8H5Cl2F2NO/c9-2-4-1-5(8(11)12)6(3-14)7(10)13-4/h1,3,8H,2H2. The number of aromatic nitrogens is 1. The molecule has 0 saturated heterocycles. The third kappa shape index (κ3) is 2.19. The van der Waals surface area contributed by atoms with Gasteiger partial charge in [-0.15, -0.1) is 11.6 Å². The molecule has 1 rings (SSSR count). The van der Waals surface area contributed by atoms with Crippen molar-refractivity contribution in [1.29, 1.82) is 0 Å². The molecule has 0 N–H and O–H groups in total. The zero-order valence-electron chi connectivity index (χ0n) is 6.81. The molecule has 76 valence electrons. The highest BCUT2D eigenvalue weighted by atomic mass is 35.5. The molecule has 6 heteroatoms. The highest BCUT2D eigenvalue weighted by Crippen LogP contribution is 2.27. The molecule has 2 nitrogen and oxygen atoms in total. The molecule has 0 spiro atoms. The van der Waals surface area contributed by atoms with Crippen LogP contribution in [0.1, 0.15) is 28.0 Å². The molecule has 14 heavy (non-hydrogen) atoms. The van der Waals surface area contributed by atoms with Crippen LogP contribution in [0, 0.1) is 0 Å². The number of carbonyl (C=O) groups is 1. The molecule has 0 fully saturated rings. The van der Waals surface area contributed by atoms with Crippen LogP contribution in [0.5, 0.6) is 0 Å². The maximum atomic E-state index is 12.4. The second-order valence-electron chi connectivity index (χ2n) is 2.46. The van der Waals surface area contributed by atoms with Gasteiger partial charge < -0.3 is 0 Å². The lowest BCUT2D eigenvalue weighted by molar-refractivity contribution is 0.110. The summed E-state index contributed by atoms with van der Waals surface area (Å²) in [6.45, 7) is 0. The maximum absolute atomic E-state index is 12.4. The van der Waals surface area contributed by atoms with Crippen LogP contribution in [0.3, 0.4) is 0 Å². The summed E-state index contributed by atoms with van der Waals surface area (Å²) < 4.78 is 24.8. The van der Waals surface area contributed by atoms with Gasteiger partial charge in [0.05, 0.1) is 17.1 Å². The van der Waals surface area contributed by atoms with Crippen LogP contribution in [0.15, 0.2) is 6.07 Å². The summed E-state index contributed by atoms with van der Waals surface area (Å²) >= 11 is 10.9. The van der Waals surface area contributed by atoms with Crippen LogP contribution in [0.4, 0.5) is 8.78 Å². The molecule has 0 aliphatic carbocycles. The van der Waals surface area contributed by atoms with E-state index in [1.807, 2.05) is 0 Å². The van der Waals surface area contributed by atoms with E-state index in [1.54, 1.807) is 0 Å². The van der Waals surface area contributed by atoms with Crippen molar-refractivity contribution in [3.8, 4) is 0 Å². The molecule has 0 radical (unpaired) electrons. The number of pyridine rings is 1. The Kier molecular flexibility index (Phi) is 3.77. The summed E-state index contributed by atoms with van der Waals surface area (Å²) in [6.07, 6.45) is -2.51. The van der Waals surface area contributed by atoms with E-state index in [9.17, 15) is 13.6 Å². The Morgan fingerprint density at radius 2 is 2.21 bits per heavy atom. The molecule has 1 aromatic rings. The van der Waals surface area contributed by atoms with E-state index < -0.39 is 12.0 Å². The smallest absolute Gasteiger partial charge is 0.264 e. The third-order valence-electron chi connectivity index (χ3n) is 1.59. The summed E-state index contributed by atoms with van der Waals surface area (Å²) in [5.74, 6) is -0.0292. The zero-order valence-corrected chi connectivity index (χ0v) is 8.32. The minimum Gasteiger partial charge on any atom is -0.298 e. The molecule has 0 amide bonds. The van der Waals surface area contributed by atoms with Crippen molar-refractivity contribution in [2.45, 2.75) is 12.3 Å². The van der Waals surface area contributed by atoms with Gasteiger partial charge >= 0.3 is 0 Å². The first-order valence-electron chi connectivity index (χ1n) is 3.58. The second kappa shape index (κ2) is 4.66. The number of carbonyl (C=O) groups excluding carboxylic acids is 1. The van der Waals surface area contributed by atoms with Gasteiger partial charge in [0.2, 0.25) is 0 Å². The van der Waals surface area contributed by atoms with Crippen LogP contribution < -0.4 is 0 Å². The highest BCUT2D eigenvalue weighted by molar-refractivity contribution is 6.32. The number of aldehydes is 1. The van der Waals surface area contributed by atoms with Crippen molar-refractivity contribution < 1.29 is 13.6 Å². The van der Waals surface area contributed by atoms with Crippen LogP contribution in [0.2, 0.25) is 5.15 Å². The Hall–Kier alpha value is -0.740. The molecule has 1 heterocycles. The van der Waals surface area contributed by atoms with Crippen molar-refractivity contribution in [1.82, 2.24) is 4.98 Å². The first-order valence-corrected chi connectivity index (χ1v) is 4.50. The summed E-state index contributed by atoms with van der Waals surface area (Å²) in [5, 5.41) is -0.242. The Bertz CT molecular complexity index is 357. The number of hydrogen-bond donors (Lipinski definition) is 0. The monoisotopic (exact) mass is 239 g/mol. The van der Waals surface area contributed by atoms with Gasteiger partial charge in [-0.1, -0.05) is 11.6 Å². The highest BCUT2D eigenvalue weighted by Gasteiger charge is 2.17. The molecule has 0 atom stereocenters. The first-order chi connectivity index (χ1) is 6.60. The van der Waals surface area contributed by atoms with Gasteiger partial charge in [-0.2, -0.15) is 0 Å². The van der Waals surface area contributed by atoms with Crippen LogP contribution in [0.25, 0.3) is 0 Å². The predicted molar refractivity (Wildman–Crippen MR) is 49.1 cm³/mol. The molecular formula is C8H5Cl2F2NO. The summed E-state index contributed by atoms with van der Waals surface area (Å²) in [6, 6.07) is 1.08. The lowest BCUT2D eigenvalue weighted by Gasteiger charge is -2.06. The van der Waals surface area contributed by atoms with Crippen LogP contribution in [-0.4, -0.2) is 11.3 Å². The maximum Gasteiger partial charge on any atom is 0.264 e. The van der Waals surface area contributed by atoms with Gasteiger partial charge in [0.25, 0.3) is 6.43 Å². The second-order valence-corrected chi connectivity index (χ2v) is 3.08. The molecule has 0 unspecified atom stereocenters. The van der Waals surface area contributed by atoms with Crippen LogP contribution >= 0.6 is 23.2 Å². The topological polar surface area (TPSA) is 30.0 Å². The van der Waals surface area contributed by atoms with Gasteiger partial charge in [0.1, 0.15) is 5.15 Å². The quantitative estimate of drug-likeness (QED) is 0.461. The summed E-state index contributed by atoms with van der Waals surface area (Å²) in [7, 11) is 0. The largest absolute Gasteiger partial charge is 0.298 e. The molecule has 0 aliphatic rings. The van der Waals surface area contributed by atoms with E-state index in [4.69, 9.17) is 23.2 Å². The summed E-state index contributed by atoms with van der Waals surface area (Å²) in [5.41, 5.74) is -0.497. The van der Waals surface area contributed by atoms with Crippen molar-refractivity contribution in [2.75, 3.05) is 0 Å². The minimum atomic E-state index is -2.77. The fourth-order valence-corrected chi connectivity index (χ4v) is 1.36. The summed E-state index contributed by atoms with van der Waals surface area (Å²) in [4.78, 5) is 14.1. The van der Waals surface area contributed by atoms with E-state index in [1.165, 1.54) is 0 Å². The normalized spacial score (nSPS) is 10.6. The number of rotatable bonds is 3. The number of halogens is 4. The van der Waals surface area contributed by atoms with Crippen molar-refractivity contribution in [3.05, 3.63) is 28.0 Å². The molecule has 1 aromatic heterocycles. The van der Waals surface area contributed by atoms with E-state index >= 15 is 0 Å². The Labute approximate surface area is 88.8 Å². The first kappa shape index (κ1) is 11.3. The number of hydrogen-bond acceptors (Lipinski definition) is 2. The van der Waals surface area contributed by atoms with Gasteiger partial charge in [0, 0.05) is 5.56 Å². The third-order valence-corrected chi connectivity index (χ3v) is 2.15. The fourth-order valence-electron chi connectivity index (χ4n) is 0.961. The SMILES string of the molecule is O=Cc1c(C(F)F)cc(CCl)nc1Cl. The van der Waals surface area contributed by atoms with Crippen molar-refractivity contribution >= 4 is 29.5 Å². The molecular weight excluding hydrogens is 235 g/mol. The van der Waals surface area contributed by atoms with E-state index in [-0.39, 0.29) is 28.6 Å². The Morgan fingerprint density at radius 1 is 1.57 bits per heavy atom. The van der Waals surface area contributed by atoms with Gasteiger partial charge in [-0.05, 0) is 6.07 Å². The molecule has 0 saturated carbocycles. The average molecular weight is 240 g/mol. The fraction of sp³-hybridized carbons (Fsp3) is 0.250. The number of nitrogens with zero attached hydrogens (tertiary/aromatic N) is 1. The van der Waals surface area contributed by atoms with Crippen LogP contribution in [-0.2, 0) is 5.88 Å². The lowest BCUT2D eigenvalue weighted by Crippen LogP contribution is -1.99. The van der Waals surface area contributed by atoms with Crippen molar-refractivity contribution in [3.63, 3.8) is 0 Å². The van der Waals surface area contributed by atoms with Gasteiger partial charge in [-0.3, -0.25) is 4.79 Å². The Morgan fingerprint density at radius 3 is 2.64 bits per heavy atom. The zero-order chi connectivity index (χ0) is 10.7. The van der Waals surface area contributed by atoms with Crippen molar-refractivity contribution in [2.24, 2.45) is 0 Å². The average Bonchev–Trinajstić information content (AvgIpc) is 2.16. The van der Waals surface area contributed by atoms with E-state index in [2.05, 4.69) is 4.98 Å². The Balaban J connectivity index is 3.35. The van der Waals surface area contributed by atoms with Gasteiger partial charge in [0.15, 0.2) is 6.29 Å². The molecule has 0 bridgehead atoms. The number of alkyl halides is 3. The lowest BCUT2D eigenvalue weighted by atomic mass is 10.1. The van der Waals surface area contributed by atoms with E-state index in [0.717, 1.165) is 6.07 Å². The minimum absolute atomic E-state index is 0.0292. The molecule has 0 aromatic carbocycles. The van der Waals surface area contributed by atoms with E-state index in [0.29, 0.717) is 0 Å². The predicted octanol–water partition coefficient (Wildman–Crippen LogP) is 3.22. The van der Waals surface area contributed by atoms with Gasteiger partial charge in [-0.25, -0.2) is 13.8 Å².